The van der Waals surface area contributed by atoms with Crippen LogP contribution < -0.4 is 0 Å². The molecule has 3 rings (SSSR count). The molecule has 0 spiro atoms. The van der Waals surface area contributed by atoms with Gasteiger partial charge in [-0.1, -0.05) is 0 Å². The fourth-order valence-corrected chi connectivity index (χ4v) is 2.67. The van der Waals surface area contributed by atoms with Gasteiger partial charge < -0.3 is 9.80 Å². The molecule has 1 aromatic rings. The molecule has 1 saturated carbocycles. The van der Waals surface area contributed by atoms with Crippen LogP contribution in [0, 0.1) is 11.7 Å². The van der Waals surface area contributed by atoms with Crippen LogP contribution in [0.25, 0.3) is 0 Å². The maximum Gasteiger partial charge on any atom is 0.256 e. The minimum absolute atomic E-state index is 0.0911. The summed E-state index contributed by atoms with van der Waals surface area (Å²) in [5, 5.41) is 0. The molecule has 0 bridgehead atoms. The third-order valence-corrected chi connectivity index (χ3v) is 4.16. The second-order valence-corrected chi connectivity index (χ2v) is 5.75. The molecule has 22 heavy (non-hydrogen) atoms. The van der Waals surface area contributed by atoms with E-state index in [-0.39, 0.29) is 23.0 Å². The Bertz CT molecular complexity index is 620. The van der Waals surface area contributed by atoms with E-state index in [1.54, 1.807) is 4.90 Å². The van der Waals surface area contributed by atoms with Crippen LogP contribution in [0.5, 0.6) is 0 Å². The molecule has 2 fully saturated rings. The lowest BCUT2D eigenvalue weighted by atomic mass is 10.1. The fraction of sp³-hybridized carbons (Fsp3) is 0.438. The maximum absolute atomic E-state index is 13.8. The number of carbonyl (C=O) groups is 3. The van der Waals surface area contributed by atoms with E-state index in [4.69, 9.17) is 0 Å². The number of rotatable bonds is 3. The van der Waals surface area contributed by atoms with Crippen molar-refractivity contribution in [2.24, 2.45) is 5.92 Å². The molecule has 0 unspecified atom stereocenters. The van der Waals surface area contributed by atoms with Gasteiger partial charge in [-0.05, 0) is 31.0 Å². The molecule has 2 aliphatic rings. The van der Waals surface area contributed by atoms with Gasteiger partial charge in [-0.15, -0.1) is 0 Å². The first-order chi connectivity index (χ1) is 10.6. The highest BCUT2D eigenvalue weighted by Gasteiger charge is 2.35. The van der Waals surface area contributed by atoms with Crippen LogP contribution in [0.2, 0.25) is 0 Å². The first-order valence-corrected chi connectivity index (χ1v) is 7.43. The van der Waals surface area contributed by atoms with Gasteiger partial charge in [-0.2, -0.15) is 0 Å². The van der Waals surface area contributed by atoms with Gasteiger partial charge in [0, 0.05) is 37.7 Å². The van der Waals surface area contributed by atoms with Crippen molar-refractivity contribution in [3.8, 4) is 0 Å². The molecule has 6 heteroatoms. The summed E-state index contributed by atoms with van der Waals surface area (Å²) in [4.78, 5) is 38.4. The van der Waals surface area contributed by atoms with Crippen LogP contribution in [-0.4, -0.2) is 54.1 Å². The number of aldehydes is 1. The van der Waals surface area contributed by atoms with E-state index in [2.05, 4.69) is 0 Å². The molecular formula is C16H17FN2O3. The lowest BCUT2D eigenvalue weighted by Crippen LogP contribution is -2.51. The summed E-state index contributed by atoms with van der Waals surface area (Å²) >= 11 is 0. The van der Waals surface area contributed by atoms with Crippen molar-refractivity contribution < 1.29 is 18.8 Å². The number of nitrogens with zero attached hydrogens (tertiary/aromatic N) is 2. The zero-order chi connectivity index (χ0) is 15.7. The standard InChI is InChI=1S/C16H17FN2O3/c17-14-4-1-11(10-20)9-13(14)16(22)19-7-5-18(6-8-19)15(21)12-2-3-12/h1,4,9-10,12H,2-3,5-8H2. The Labute approximate surface area is 127 Å². The van der Waals surface area contributed by atoms with Crippen LogP contribution in [0.4, 0.5) is 4.39 Å². The third kappa shape index (κ3) is 2.86. The first-order valence-electron chi connectivity index (χ1n) is 7.43. The summed E-state index contributed by atoms with van der Waals surface area (Å²) in [7, 11) is 0. The van der Waals surface area contributed by atoms with E-state index < -0.39 is 11.7 Å². The van der Waals surface area contributed by atoms with E-state index in [1.807, 2.05) is 0 Å². The molecule has 2 amide bonds. The number of hydrogen-bond acceptors (Lipinski definition) is 3. The molecule has 0 N–H and O–H groups in total. The SMILES string of the molecule is O=Cc1ccc(F)c(C(=O)N2CCN(C(=O)C3CC3)CC2)c1. The van der Waals surface area contributed by atoms with Crippen LogP contribution in [0.15, 0.2) is 18.2 Å². The van der Waals surface area contributed by atoms with Gasteiger partial charge in [0.2, 0.25) is 5.91 Å². The van der Waals surface area contributed by atoms with Gasteiger partial charge in [0.05, 0.1) is 5.56 Å². The highest BCUT2D eigenvalue weighted by Crippen LogP contribution is 2.31. The van der Waals surface area contributed by atoms with Crippen LogP contribution in [-0.2, 0) is 4.79 Å². The second-order valence-electron chi connectivity index (χ2n) is 5.75. The third-order valence-electron chi connectivity index (χ3n) is 4.16. The molecule has 1 heterocycles. The molecule has 1 aliphatic carbocycles. The minimum atomic E-state index is -0.632. The van der Waals surface area contributed by atoms with Crippen LogP contribution in [0.3, 0.4) is 0 Å². The minimum Gasteiger partial charge on any atom is -0.339 e. The topological polar surface area (TPSA) is 57.7 Å². The maximum atomic E-state index is 13.8. The number of hydrogen-bond donors (Lipinski definition) is 0. The smallest absolute Gasteiger partial charge is 0.256 e. The predicted octanol–water partition coefficient (Wildman–Crippen LogP) is 1.33. The van der Waals surface area contributed by atoms with Crippen molar-refractivity contribution in [1.29, 1.82) is 0 Å². The highest BCUT2D eigenvalue weighted by molar-refractivity contribution is 5.96. The average molecular weight is 304 g/mol. The summed E-state index contributed by atoms with van der Waals surface area (Å²) in [6, 6.07) is 3.74. The first kappa shape index (κ1) is 14.7. The Morgan fingerprint density at radius 3 is 2.32 bits per heavy atom. The van der Waals surface area contributed by atoms with Gasteiger partial charge in [0.1, 0.15) is 12.1 Å². The molecule has 116 valence electrons. The van der Waals surface area contributed by atoms with Crippen LogP contribution >= 0.6 is 0 Å². The van der Waals surface area contributed by atoms with Gasteiger partial charge in [-0.3, -0.25) is 14.4 Å². The highest BCUT2D eigenvalue weighted by atomic mass is 19.1. The van der Waals surface area contributed by atoms with Gasteiger partial charge in [0.15, 0.2) is 0 Å². The van der Waals surface area contributed by atoms with Crippen molar-refractivity contribution >= 4 is 18.1 Å². The van der Waals surface area contributed by atoms with E-state index >= 15 is 0 Å². The van der Waals surface area contributed by atoms with E-state index in [1.165, 1.54) is 17.0 Å². The summed E-state index contributed by atoms with van der Waals surface area (Å²) in [5.74, 6) is -0.725. The summed E-state index contributed by atoms with van der Waals surface area (Å²) in [5.41, 5.74) is 0.180. The number of halogens is 1. The molecule has 0 aromatic heterocycles. The van der Waals surface area contributed by atoms with Crippen molar-refractivity contribution in [2.45, 2.75) is 12.8 Å². The molecule has 1 aliphatic heterocycles. The Morgan fingerprint density at radius 2 is 1.73 bits per heavy atom. The number of amides is 2. The lowest BCUT2D eigenvalue weighted by molar-refractivity contribution is -0.134. The van der Waals surface area contributed by atoms with E-state index in [9.17, 15) is 18.8 Å². The van der Waals surface area contributed by atoms with Crippen molar-refractivity contribution in [2.75, 3.05) is 26.2 Å². The zero-order valence-corrected chi connectivity index (χ0v) is 12.1. The Hall–Kier alpha value is -2.24. The molecule has 0 atom stereocenters. The average Bonchev–Trinajstić information content (AvgIpc) is 3.39. The Kier molecular flexibility index (Phi) is 3.92. The largest absolute Gasteiger partial charge is 0.339 e. The van der Waals surface area contributed by atoms with Gasteiger partial charge in [-0.25, -0.2) is 4.39 Å². The van der Waals surface area contributed by atoms with Gasteiger partial charge in [0.25, 0.3) is 5.91 Å². The Morgan fingerprint density at radius 1 is 1.09 bits per heavy atom. The molecule has 0 radical (unpaired) electrons. The summed E-state index contributed by atoms with van der Waals surface area (Å²) < 4.78 is 13.8. The zero-order valence-electron chi connectivity index (χ0n) is 12.1. The monoisotopic (exact) mass is 304 g/mol. The number of carbonyl (C=O) groups excluding carboxylic acids is 3. The second kappa shape index (κ2) is 5.87. The van der Waals surface area contributed by atoms with Crippen molar-refractivity contribution in [3.05, 3.63) is 35.1 Å². The quantitative estimate of drug-likeness (QED) is 0.792. The molecular weight excluding hydrogens is 287 g/mol. The van der Waals surface area contributed by atoms with Crippen LogP contribution in [0.1, 0.15) is 33.6 Å². The van der Waals surface area contributed by atoms with Gasteiger partial charge >= 0.3 is 0 Å². The molecule has 5 nitrogen and oxygen atoms in total. The lowest BCUT2D eigenvalue weighted by Gasteiger charge is -2.35. The van der Waals surface area contributed by atoms with Crippen molar-refractivity contribution in [3.63, 3.8) is 0 Å². The Balaban J connectivity index is 1.66. The fourth-order valence-electron chi connectivity index (χ4n) is 2.67. The van der Waals surface area contributed by atoms with E-state index in [0.29, 0.717) is 32.5 Å². The number of benzene rings is 1. The molecule has 1 saturated heterocycles. The number of piperazine rings is 1. The normalized spacial score (nSPS) is 18.2. The molecule has 1 aromatic carbocycles. The predicted molar refractivity (Wildman–Crippen MR) is 77.0 cm³/mol. The summed E-state index contributed by atoms with van der Waals surface area (Å²) in [6.07, 6.45) is 2.51. The summed E-state index contributed by atoms with van der Waals surface area (Å²) in [6.45, 7) is 1.75. The van der Waals surface area contributed by atoms with E-state index in [0.717, 1.165) is 18.9 Å². The van der Waals surface area contributed by atoms with Crippen molar-refractivity contribution in [1.82, 2.24) is 9.80 Å².